The van der Waals surface area contributed by atoms with Crippen LogP contribution in [0.15, 0.2) is 48.8 Å². The number of benzene rings is 1. The Hall–Kier alpha value is -1.38. The highest BCUT2D eigenvalue weighted by atomic mass is 35.5. The molecule has 2 aromatic rings. The Balaban J connectivity index is 1.94. The Morgan fingerprint density at radius 2 is 1.89 bits per heavy atom. The van der Waals surface area contributed by atoms with Crippen LogP contribution in [0.3, 0.4) is 0 Å². The second-order valence-corrected chi connectivity index (χ2v) is 5.73. The second kappa shape index (κ2) is 6.18. The molecule has 0 radical (unpaired) electrons. The van der Waals surface area contributed by atoms with Crippen LogP contribution in [0.25, 0.3) is 0 Å². The molecule has 2 nitrogen and oxygen atoms in total. The van der Waals surface area contributed by atoms with Crippen LogP contribution in [0.1, 0.15) is 25.0 Å². The standard InChI is InChI=1S/C16H19ClN2/c1-16(2,14-6-4-3-5-7-14)12-19-10-13-8-9-18-11-15(13)17/h3-9,11,19H,10,12H2,1-2H3. The van der Waals surface area contributed by atoms with Crippen LogP contribution in [-0.2, 0) is 12.0 Å². The first-order chi connectivity index (χ1) is 9.09. The largest absolute Gasteiger partial charge is 0.312 e. The van der Waals surface area contributed by atoms with E-state index >= 15 is 0 Å². The van der Waals surface area contributed by atoms with E-state index in [9.17, 15) is 0 Å². The SMILES string of the molecule is CC(C)(CNCc1ccncc1Cl)c1ccccc1. The molecule has 19 heavy (non-hydrogen) atoms. The number of pyridine rings is 1. The quantitative estimate of drug-likeness (QED) is 0.897. The van der Waals surface area contributed by atoms with Gasteiger partial charge in [-0.3, -0.25) is 4.98 Å². The zero-order valence-corrected chi connectivity index (χ0v) is 12.1. The molecule has 0 saturated heterocycles. The van der Waals surface area contributed by atoms with E-state index < -0.39 is 0 Å². The maximum absolute atomic E-state index is 6.09. The third kappa shape index (κ3) is 3.79. The lowest BCUT2D eigenvalue weighted by atomic mass is 9.84. The molecule has 3 heteroatoms. The molecule has 0 unspecified atom stereocenters. The molecule has 0 aliphatic carbocycles. The van der Waals surface area contributed by atoms with E-state index in [4.69, 9.17) is 11.6 Å². The van der Waals surface area contributed by atoms with Gasteiger partial charge in [-0.25, -0.2) is 0 Å². The van der Waals surface area contributed by atoms with Crippen molar-refractivity contribution in [2.75, 3.05) is 6.54 Å². The molecule has 0 aliphatic heterocycles. The van der Waals surface area contributed by atoms with E-state index in [1.165, 1.54) is 5.56 Å². The number of nitrogens with zero attached hydrogens (tertiary/aromatic N) is 1. The molecule has 0 aliphatic rings. The lowest BCUT2D eigenvalue weighted by Gasteiger charge is -2.26. The summed E-state index contributed by atoms with van der Waals surface area (Å²) in [5.74, 6) is 0. The van der Waals surface area contributed by atoms with Crippen LogP contribution in [0.2, 0.25) is 5.02 Å². The van der Waals surface area contributed by atoms with Gasteiger partial charge in [0.25, 0.3) is 0 Å². The Bertz CT molecular complexity index is 523. The molecule has 1 aromatic heterocycles. The van der Waals surface area contributed by atoms with Crippen molar-refractivity contribution in [3.8, 4) is 0 Å². The van der Waals surface area contributed by atoms with E-state index in [0.29, 0.717) is 5.02 Å². The van der Waals surface area contributed by atoms with Crippen LogP contribution in [0, 0.1) is 0 Å². The van der Waals surface area contributed by atoms with Crippen molar-refractivity contribution in [2.45, 2.75) is 25.8 Å². The molecule has 0 bridgehead atoms. The lowest BCUT2D eigenvalue weighted by Crippen LogP contribution is -2.32. The summed E-state index contributed by atoms with van der Waals surface area (Å²) < 4.78 is 0. The van der Waals surface area contributed by atoms with Crippen molar-refractivity contribution >= 4 is 11.6 Å². The monoisotopic (exact) mass is 274 g/mol. The zero-order valence-electron chi connectivity index (χ0n) is 11.4. The molecule has 0 spiro atoms. The highest BCUT2D eigenvalue weighted by Crippen LogP contribution is 2.22. The van der Waals surface area contributed by atoms with Crippen molar-refractivity contribution in [1.82, 2.24) is 10.3 Å². The molecule has 0 amide bonds. The molecular formula is C16H19ClN2. The van der Waals surface area contributed by atoms with E-state index in [2.05, 4.69) is 48.4 Å². The van der Waals surface area contributed by atoms with Crippen molar-refractivity contribution in [3.63, 3.8) is 0 Å². The summed E-state index contributed by atoms with van der Waals surface area (Å²) in [4.78, 5) is 3.99. The summed E-state index contributed by atoms with van der Waals surface area (Å²) in [6.07, 6.45) is 3.45. The molecule has 1 N–H and O–H groups in total. The van der Waals surface area contributed by atoms with E-state index in [1.807, 2.05) is 12.1 Å². The van der Waals surface area contributed by atoms with E-state index in [0.717, 1.165) is 18.7 Å². The molecule has 0 atom stereocenters. The van der Waals surface area contributed by atoms with Crippen LogP contribution >= 0.6 is 11.6 Å². The number of nitrogens with one attached hydrogen (secondary N) is 1. The van der Waals surface area contributed by atoms with Gasteiger partial charge < -0.3 is 5.32 Å². The maximum Gasteiger partial charge on any atom is 0.0634 e. The Labute approximate surface area is 119 Å². The Kier molecular flexibility index (Phi) is 4.56. The van der Waals surface area contributed by atoms with Gasteiger partial charge in [-0.15, -0.1) is 0 Å². The maximum atomic E-state index is 6.09. The normalized spacial score (nSPS) is 11.5. The molecule has 2 rings (SSSR count). The summed E-state index contributed by atoms with van der Waals surface area (Å²) in [7, 11) is 0. The zero-order chi connectivity index (χ0) is 13.7. The third-order valence-corrected chi connectivity index (χ3v) is 3.63. The second-order valence-electron chi connectivity index (χ2n) is 5.32. The summed E-state index contributed by atoms with van der Waals surface area (Å²) in [6.45, 7) is 6.14. The van der Waals surface area contributed by atoms with E-state index in [-0.39, 0.29) is 5.41 Å². The van der Waals surface area contributed by atoms with Crippen LogP contribution in [0.4, 0.5) is 0 Å². The van der Waals surface area contributed by atoms with Gasteiger partial charge in [-0.2, -0.15) is 0 Å². The molecule has 0 fully saturated rings. The fraction of sp³-hybridized carbons (Fsp3) is 0.312. The van der Waals surface area contributed by atoms with Gasteiger partial charge >= 0.3 is 0 Å². The highest BCUT2D eigenvalue weighted by Gasteiger charge is 2.19. The minimum Gasteiger partial charge on any atom is -0.312 e. The van der Waals surface area contributed by atoms with Gasteiger partial charge in [-0.05, 0) is 17.2 Å². The van der Waals surface area contributed by atoms with Gasteiger partial charge in [0.05, 0.1) is 5.02 Å². The van der Waals surface area contributed by atoms with E-state index in [1.54, 1.807) is 12.4 Å². The minimum atomic E-state index is 0.0980. The fourth-order valence-electron chi connectivity index (χ4n) is 2.05. The summed E-state index contributed by atoms with van der Waals surface area (Å²) >= 11 is 6.09. The topological polar surface area (TPSA) is 24.9 Å². The van der Waals surface area contributed by atoms with Crippen LogP contribution in [0.5, 0.6) is 0 Å². The predicted molar refractivity (Wildman–Crippen MR) is 80.4 cm³/mol. The first kappa shape index (κ1) is 14.0. The third-order valence-electron chi connectivity index (χ3n) is 3.29. The van der Waals surface area contributed by atoms with Crippen molar-refractivity contribution in [1.29, 1.82) is 0 Å². The Morgan fingerprint density at radius 3 is 2.58 bits per heavy atom. The van der Waals surface area contributed by atoms with Gasteiger partial charge in [0.2, 0.25) is 0 Å². The molecule has 0 saturated carbocycles. The molecule has 1 heterocycles. The summed E-state index contributed by atoms with van der Waals surface area (Å²) in [6, 6.07) is 12.5. The van der Waals surface area contributed by atoms with Gasteiger partial charge in [0.15, 0.2) is 0 Å². The number of halogens is 1. The lowest BCUT2D eigenvalue weighted by molar-refractivity contribution is 0.469. The average Bonchev–Trinajstić information content (AvgIpc) is 2.42. The summed E-state index contributed by atoms with van der Waals surface area (Å²) in [5.41, 5.74) is 2.52. The first-order valence-electron chi connectivity index (χ1n) is 6.44. The number of rotatable bonds is 5. The number of hydrogen-bond acceptors (Lipinski definition) is 2. The number of aromatic nitrogens is 1. The average molecular weight is 275 g/mol. The van der Waals surface area contributed by atoms with Gasteiger partial charge in [0, 0.05) is 30.9 Å². The first-order valence-corrected chi connectivity index (χ1v) is 6.82. The minimum absolute atomic E-state index is 0.0980. The van der Waals surface area contributed by atoms with Crippen molar-refractivity contribution in [3.05, 3.63) is 64.9 Å². The van der Waals surface area contributed by atoms with Gasteiger partial charge in [-0.1, -0.05) is 55.8 Å². The molecular weight excluding hydrogens is 256 g/mol. The predicted octanol–water partition coefficient (Wildman–Crippen LogP) is 3.80. The smallest absolute Gasteiger partial charge is 0.0634 e. The summed E-state index contributed by atoms with van der Waals surface area (Å²) in [5, 5.41) is 4.18. The van der Waals surface area contributed by atoms with Crippen molar-refractivity contribution in [2.24, 2.45) is 0 Å². The van der Waals surface area contributed by atoms with Crippen LogP contribution < -0.4 is 5.32 Å². The Morgan fingerprint density at radius 1 is 1.16 bits per heavy atom. The molecule has 1 aromatic carbocycles. The van der Waals surface area contributed by atoms with Crippen LogP contribution in [-0.4, -0.2) is 11.5 Å². The fourth-order valence-corrected chi connectivity index (χ4v) is 2.23. The number of hydrogen-bond donors (Lipinski definition) is 1. The van der Waals surface area contributed by atoms with Gasteiger partial charge in [0.1, 0.15) is 0 Å². The highest BCUT2D eigenvalue weighted by molar-refractivity contribution is 6.31. The molecule has 100 valence electrons. The van der Waals surface area contributed by atoms with Crippen molar-refractivity contribution < 1.29 is 0 Å².